The normalized spacial score (nSPS) is 19.7. The van der Waals surface area contributed by atoms with Gasteiger partial charge in [-0.3, -0.25) is 19.4 Å². The number of nitrogens with one attached hydrogen (secondary N) is 1. The minimum absolute atomic E-state index is 0.0575. The fraction of sp³-hybridized carbons (Fsp3) is 0.312. The topological polar surface area (TPSA) is 118 Å². The second kappa shape index (κ2) is 11.7. The molecule has 0 spiro atoms. The zero-order valence-electron chi connectivity index (χ0n) is 23.6. The number of rotatable bonds is 7. The SMILES string of the molecule is C[C@H]1CN(CC2CCCO2)CCN1C(=O)c1ccc(NS(=O)(=O)c2ccc(N)cc2-c2cccc3cccnc23)cc1. The van der Waals surface area contributed by atoms with Crippen LogP contribution in [0.3, 0.4) is 0 Å². The number of nitrogen functional groups attached to an aromatic ring is 1. The highest BCUT2D eigenvalue weighted by Crippen LogP contribution is 2.34. The molecule has 3 N–H and O–H groups in total. The van der Waals surface area contributed by atoms with Crippen LogP contribution in [0.25, 0.3) is 22.0 Å². The van der Waals surface area contributed by atoms with Crippen LogP contribution in [-0.2, 0) is 14.8 Å². The molecule has 2 aliphatic rings. The molecule has 10 heteroatoms. The van der Waals surface area contributed by atoms with Crippen molar-refractivity contribution in [2.24, 2.45) is 0 Å². The molecule has 0 saturated carbocycles. The van der Waals surface area contributed by atoms with E-state index in [-0.39, 0.29) is 16.8 Å². The van der Waals surface area contributed by atoms with Gasteiger partial charge in [-0.2, -0.15) is 0 Å². The van der Waals surface area contributed by atoms with E-state index in [4.69, 9.17) is 10.5 Å². The molecule has 1 amide bonds. The second-order valence-electron chi connectivity index (χ2n) is 11.1. The predicted molar refractivity (Wildman–Crippen MR) is 165 cm³/mol. The van der Waals surface area contributed by atoms with Crippen LogP contribution in [0.4, 0.5) is 11.4 Å². The van der Waals surface area contributed by atoms with E-state index in [2.05, 4.69) is 21.5 Å². The van der Waals surface area contributed by atoms with Crippen molar-refractivity contribution >= 4 is 38.2 Å². The molecule has 1 unspecified atom stereocenters. The average molecular weight is 586 g/mol. The zero-order chi connectivity index (χ0) is 29.3. The maximum atomic E-state index is 13.6. The first-order valence-electron chi connectivity index (χ1n) is 14.3. The fourth-order valence-corrected chi connectivity index (χ4v) is 7.21. The van der Waals surface area contributed by atoms with Crippen LogP contribution in [0.1, 0.15) is 30.1 Å². The van der Waals surface area contributed by atoms with E-state index in [1.54, 1.807) is 42.6 Å². The molecule has 2 fully saturated rings. The predicted octanol–water partition coefficient (Wildman–Crippen LogP) is 4.61. The molecule has 1 aromatic heterocycles. The van der Waals surface area contributed by atoms with Crippen LogP contribution >= 0.6 is 0 Å². The highest BCUT2D eigenvalue weighted by molar-refractivity contribution is 7.92. The number of fused-ring (bicyclic) bond motifs is 1. The first-order valence-corrected chi connectivity index (χ1v) is 15.8. The van der Waals surface area contributed by atoms with Gasteiger partial charge in [-0.25, -0.2) is 8.42 Å². The average Bonchev–Trinajstić information content (AvgIpc) is 3.50. The van der Waals surface area contributed by atoms with Crippen LogP contribution in [0.15, 0.2) is 83.9 Å². The first-order chi connectivity index (χ1) is 20.3. The number of benzene rings is 3. The van der Waals surface area contributed by atoms with Gasteiger partial charge in [-0.05, 0) is 68.3 Å². The minimum Gasteiger partial charge on any atom is -0.399 e. The van der Waals surface area contributed by atoms with Crippen LogP contribution in [0.5, 0.6) is 0 Å². The number of carbonyl (C=O) groups is 1. The van der Waals surface area contributed by atoms with Gasteiger partial charge < -0.3 is 15.4 Å². The Kier molecular flexibility index (Phi) is 7.85. The molecule has 3 aromatic carbocycles. The smallest absolute Gasteiger partial charge is 0.262 e. The van der Waals surface area contributed by atoms with Crippen LogP contribution in [0.2, 0.25) is 0 Å². The van der Waals surface area contributed by atoms with E-state index in [1.807, 2.05) is 35.2 Å². The molecular formula is C32H35N5O4S. The Morgan fingerprint density at radius 2 is 1.86 bits per heavy atom. The lowest BCUT2D eigenvalue weighted by molar-refractivity contribution is 0.0279. The summed E-state index contributed by atoms with van der Waals surface area (Å²) in [5, 5.41) is 0.896. The van der Waals surface area contributed by atoms with Gasteiger partial charge in [0.25, 0.3) is 15.9 Å². The summed E-state index contributed by atoms with van der Waals surface area (Å²) >= 11 is 0. The Bertz CT molecular complexity index is 1700. The molecule has 0 radical (unpaired) electrons. The molecule has 0 bridgehead atoms. The third-order valence-electron chi connectivity index (χ3n) is 8.06. The lowest BCUT2D eigenvalue weighted by atomic mass is 10.0. The Morgan fingerprint density at radius 3 is 2.62 bits per heavy atom. The summed E-state index contributed by atoms with van der Waals surface area (Å²) in [5.74, 6) is -0.0575. The van der Waals surface area contributed by atoms with E-state index >= 15 is 0 Å². The zero-order valence-corrected chi connectivity index (χ0v) is 24.4. The number of hydrogen-bond donors (Lipinski definition) is 2. The molecule has 4 aromatic rings. The number of anilines is 2. The van der Waals surface area contributed by atoms with Gasteiger partial charge in [0.1, 0.15) is 0 Å². The summed E-state index contributed by atoms with van der Waals surface area (Å²) in [6.07, 6.45) is 4.19. The molecule has 2 atom stereocenters. The van der Waals surface area contributed by atoms with Crippen LogP contribution < -0.4 is 10.5 Å². The van der Waals surface area contributed by atoms with Crippen molar-refractivity contribution in [1.29, 1.82) is 0 Å². The van der Waals surface area contributed by atoms with Crippen molar-refractivity contribution in [2.45, 2.75) is 36.8 Å². The number of aromatic nitrogens is 1. The van der Waals surface area contributed by atoms with E-state index < -0.39 is 10.0 Å². The van der Waals surface area contributed by atoms with Crippen molar-refractivity contribution in [3.63, 3.8) is 0 Å². The van der Waals surface area contributed by atoms with Gasteiger partial charge >= 0.3 is 0 Å². The molecular weight excluding hydrogens is 550 g/mol. The van der Waals surface area contributed by atoms with E-state index in [1.165, 1.54) is 6.07 Å². The number of amides is 1. The third-order valence-corrected chi connectivity index (χ3v) is 9.50. The number of sulfonamides is 1. The van der Waals surface area contributed by atoms with E-state index in [0.29, 0.717) is 46.2 Å². The maximum Gasteiger partial charge on any atom is 0.262 e. The summed E-state index contributed by atoms with van der Waals surface area (Å²) in [6, 6.07) is 20.8. The molecule has 2 aliphatic heterocycles. The number of piperazine rings is 1. The lowest BCUT2D eigenvalue weighted by Crippen LogP contribution is -2.55. The molecule has 0 aliphatic carbocycles. The number of ether oxygens (including phenoxy) is 1. The van der Waals surface area contributed by atoms with Gasteiger partial charge in [0, 0.05) is 78.5 Å². The molecule has 9 nitrogen and oxygen atoms in total. The fourth-order valence-electron chi connectivity index (χ4n) is 5.95. The third kappa shape index (κ3) is 5.83. The first kappa shape index (κ1) is 28.1. The maximum absolute atomic E-state index is 13.6. The molecule has 218 valence electrons. The monoisotopic (exact) mass is 585 g/mol. The van der Waals surface area contributed by atoms with Gasteiger partial charge in [-0.1, -0.05) is 24.3 Å². The Hall–Kier alpha value is -3.99. The largest absolute Gasteiger partial charge is 0.399 e. The van der Waals surface area contributed by atoms with Crippen molar-refractivity contribution in [2.75, 3.05) is 43.2 Å². The lowest BCUT2D eigenvalue weighted by Gasteiger charge is -2.40. The van der Waals surface area contributed by atoms with Crippen LogP contribution in [-0.4, -0.2) is 74.0 Å². The standard InChI is InChI=1S/C32H35N5O4S/c1-22-20-36(21-27-7-4-18-41-27)16-17-37(22)32(38)24-9-12-26(13-10-24)35-42(39,40)30-14-11-25(33)19-29(30)28-8-2-5-23-6-3-15-34-31(23)28/h2-3,5-6,8-15,19,22,27,35H,4,7,16-18,20-21,33H2,1H3/t22-,27?/m0/s1. The summed E-state index contributed by atoms with van der Waals surface area (Å²) < 4.78 is 35.7. The molecule has 42 heavy (non-hydrogen) atoms. The summed E-state index contributed by atoms with van der Waals surface area (Å²) in [6.45, 7) is 6.08. The molecule has 3 heterocycles. The van der Waals surface area contributed by atoms with Gasteiger partial charge in [0.05, 0.1) is 16.5 Å². The van der Waals surface area contributed by atoms with Crippen molar-refractivity contribution in [1.82, 2.24) is 14.8 Å². The molecule has 2 saturated heterocycles. The Morgan fingerprint density at radius 1 is 1.05 bits per heavy atom. The number of pyridine rings is 1. The van der Waals surface area contributed by atoms with Crippen molar-refractivity contribution < 1.29 is 17.9 Å². The van der Waals surface area contributed by atoms with Crippen molar-refractivity contribution in [3.8, 4) is 11.1 Å². The number of hydrogen-bond acceptors (Lipinski definition) is 7. The van der Waals surface area contributed by atoms with Gasteiger partial charge in [0.15, 0.2) is 0 Å². The quantitative estimate of drug-likeness (QED) is 0.304. The Labute approximate surface area is 246 Å². The summed E-state index contributed by atoms with van der Waals surface area (Å²) in [5.41, 5.74) is 9.24. The number of nitrogens with two attached hydrogens (primary N) is 1. The summed E-state index contributed by atoms with van der Waals surface area (Å²) in [4.78, 5) is 22.2. The van der Waals surface area contributed by atoms with Crippen LogP contribution in [0, 0.1) is 0 Å². The molecule has 6 rings (SSSR count). The highest BCUT2D eigenvalue weighted by atomic mass is 32.2. The van der Waals surface area contributed by atoms with E-state index in [0.717, 1.165) is 44.5 Å². The second-order valence-corrected chi connectivity index (χ2v) is 12.7. The van der Waals surface area contributed by atoms with Crippen molar-refractivity contribution in [3.05, 3.63) is 84.6 Å². The van der Waals surface area contributed by atoms with E-state index in [9.17, 15) is 13.2 Å². The minimum atomic E-state index is -4.00. The number of carbonyl (C=O) groups excluding carboxylic acids is 1. The highest BCUT2D eigenvalue weighted by Gasteiger charge is 2.30. The summed E-state index contributed by atoms with van der Waals surface area (Å²) in [7, 11) is -4.00. The number of nitrogens with zero attached hydrogens (tertiary/aromatic N) is 3. The Balaban J connectivity index is 1.18. The number of para-hydroxylation sites is 1. The van der Waals surface area contributed by atoms with Gasteiger partial charge in [-0.15, -0.1) is 0 Å². The van der Waals surface area contributed by atoms with Gasteiger partial charge in [0.2, 0.25) is 0 Å².